The molecule has 3 aliphatic carbocycles. The van der Waals surface area contributed by atoms with Gasteiger partial charge in [0.2, 0.25) is 11.7 Å². The summed E-state index contributed by atoms with van der Waals surface area (Å²) in [6.07, 6.45) is 0.172. The molecule has 1 saturated carbocycles. The van der Waals surface area contributed by atoms with Crippen molar-refractivity contribution in [2.45, 2.75) is 51.8 Å². The van der Waals surface area contributed by atoms with Gasteiger partial charge in [-0.3, -0.25) is 29.5 Å². The number of primary amides is 1. The first-order chi connectivity index (χ1) is 19.3. The lowest BCUT2D eigenvalue weighted by Crippen LogP contribution is -2.65. The summed E-state index contributed by atoms with van der Waals surface area (Å²) in [5.41, 5.74) is 7.76. The molecule has 0 unspecified atom stereocenters. The van der Waals surface area contributed by atoms with E-state index in [1.165, 1.54) is 4.90 Å². The van der Waals surface area contributed by atoms with Gasteiger partial charge in [0.25, 0.3) is 5.91 Å². The third kappa shape index (κ3) is 4.61. The van der Waals surface area contributed by atoms with E-state index in [1.807, 2.05) is 0 Å². The highest BCUT2D eigenvalue weighted by Crippen LogP contribution is 2.54. The Balaban J connectivity index is 1.87. The van der Waals surface area contributed by atoms with Gasteiger partial charge in [0.05, 0.1) is 11.6 Å². The first kappa shape index (κ1) is 31.0. The Kier molecular flexibility index (Phi) is 7.68. The fourth-order valence-electron chi connectivity index (χ4n) is 6.29. The number of nitrogens with zero attached hydrogens (tertiary/aromatic N) is 2. The van der Waals surface area contributed by atoms with Gasteiger partial charge in [-0.05, 0) is 44.5 Å². The van der Waals surface area contributed by atoms with Crippen LogP contribution in [0.2, 0.25) is 0 Å². The van der Waals surface area contributed by atoms with E-state index in [0.29, 0.717) is 16.8 Å². The molecule has 42 heavy (non-hydrogen) atoms. The van der Waals surface area contributed by atoms with Crippen LogP contribution in [-0.2, 0) is 32.1 Å². The fourth-order valence-corrected chi connectivity index (χ4v) is 6.29. The number of phenolic OH excluding ortho intramolecular Hbond substituents is 1. The molecule has 4 rings (SSSR count). The number of nitrogens with two attached hydrogens (primary N) is 1. The Labute approximate surface area is 243 Å². The van der Waals surface area contributed by atoms with Gasteiger partial charge in [0, 0.05) is 48.8 Å². The lowest BCUT2D eigenvalue weighted by atomic mass is 9.57. The first-order valence-electron chi connectivity index (χ1n) is 13.6. The van der Waals surface area contributed by atoms with Crippen LogP contribution in [0.15, 0.2) is 23.0 Å². The molecule has 1 aromatic carbocycles. The summed E-state index contributed by atoms with van der Waals surface area (Å²) in [6, 6.07) is 0.561. The number of fused-ring (bicyclic) bond motifs is 3. The zero-order valence-electron chi connectivity index (χ0n) is 24.8. The summed E-state index contributed by atoms with van der Waals surface area (Å²) in [5, 5.41) is 45.6. The second-order valence-electron chi connectivity index (χ2n) is 12.7. The van der Waals surface area contributed by atoms with Crippen molar-refractivity contribution in [1.82, 2.24) is 15.8 Å². The van der Waals surface area contributed by atoms with Gasteiger partial charge in [0.1, 0.15) is 22.8 Å². The fraction of sp³-hybridized carbons (Fsp3) is 0.517. The van der Waals surface area contributed by atoms with E-state index in [0.717, 1.165) is 0 Å². The van der Waals surface area contributed by atoms with E-state index in [9.17, 15) is 39.6 Å². The Bertz CT molecular complexity index is 1450. The molecule has 0 bridgehead atoms. The minimum atomic E-state index is -2.71. The molecule has 0 heterocycles. The van der Waals surface area contributed by atoms with Gasteiger partial charge in [-0.25, -0.2) is 5.43 Å². The number of aromatic hydroxyl groups is 1. The maximum Gasteiger partial charge on any atom is 0.255 e. The average Bonchev–Trinajstić information content (AvgIpc) is 2.86. The molecule has 3 aliphatic rings. The van der Waals surface area contributed by atoms with E-state index in [2.05, 4.69) is 10.9 Å². The van der Waals surface area contributed by atoms with Crippen LogP contribution in [0.5, 0.6) is 5.75 Å². The number of phenols is 1. The Hall–Kier alpha value is -3.94. The van der Waals surface area contributed by atoms with Gasteiger partial charge in [-0.15, -0.1) is 0 Å². The van der Waals surface area contributed by atoms with Crippen molar-refractivity contribution in [3.8, 4) is 5.75 Å². The normalized spacial score (nSPS) is 25.7. The summed E-state index contributed by atoms with van der Waals surface area (Å²) >= 11 is 0. The lowest BCUT2D eigenvalue weighted by Gasteiger charge is -2.50. The Morgan fingerprint density at radius 1 is 1.12 bits per heavy atom. The Morgan fingerprint density at radius 2 is 1.74 bits per heavy atom. The number of ketones is 2. The van der Waals surface area contributed by atoms with Gasteiger partial charge < -0.3 is 31.1 Å². The standard InChI is InChI=1S/C29H39N5O8/c1-28(2,3)27(41)32-31-11-13-10-16(33(4)5)14-8-12-9-15-20(34(6)7)23(37)19(26(30)40)25(39)29(15,42)24(38)17(12)22(36)18(14)21(13)35/h10,12,15,20,31,35-36,39,42H,8-9,11H2,1-7H3,(H2,30,40)(H,32,41)/t12-,15-,20+,29-/m0/s1. The van der Waals surface area contributed by atoms with Crippen LogP contribution in [-0.4, -0.2) is 88.5 Å². The minimum absolute atomic E-state index is 0.00152. The molecular formula is C29H39N5O8. The quantitative estimate of drug-likeness (QED) is 0.177. The van der Waals surface area contributed by atoms with Gasteiger partial charge in [-0.2, -0.15) is 0 Å². The van der Waals surface area contributed by atoms with Crippen LogP contribution in [0.4, 0.5) is 5.69 Å². The summed E-state index contributed by atoms with van der Waals surface area (Å²) < 4.78 is 0. The molecule has 228 valence electrons. The average molecular weight is 586 g/mol. The Morgan fingerprint density at radius 3 is 2.26 bits per heavy atom. The maximum absolute atomic E-state index is 14.0. The molecule has 8 N–H and O–H groups in total. The smallest absolute Gasteiger partial charge is 0.255 e. The number of hydrazine groups is 1. The number of hydrogen-bond donors (Lipinski definition) is 7. The number of hydrogen-bond acceptors (Lipinski definition) is 11. The molecule has 4 atom stereocenters. The summed E-state index contributed by atoms with van der Waals surface area (Å²) in [6.45, 7) is 5.21. The van der Waals surface area contributed by atoms with Crippen molar-refractivity contribution in [1.29, 1.82) is 0 Å². The first-order valence-corrected chi connectivity index (χ1v) is 13.6. The summed E-state index contributed by atoms with van der Waals surface area (Å²) in [7, 11) is 6.66. The van der Waals surface area contributed by atoms with Crippen LogP contribution in [0, 0.1) is 17.3 Å². The van der Waals surface area contributed by atoms with E-state index in [1.54, 1.807) is 59.9 Å². The molecule has 2 amide bonds. The zero-order valence-corrected chi connectivity index (χ0v) is 24.8. The third-order valence-electron chi connectivity index (χ3n) is 8.42. The van der Waals surface area contributed by atoms with Crippen LogP contribution in [0.3, 0.4) is 0 Å². The maximum atomic E-state index is 14.0. The monoisotopic (exact) mass is 585 g/mol. The molecule has 13 nitrogen and oxygen atoms in total. The molecule has 0 saturated heterocycles. The predicted molar refractivity (Wildman–Crippen MR) is 153 cm³/mol. The number of amides is 2. The number of carbonyl (C=O) groups excluding carboxylic acids is 4. The van der Waals surface area contributed by atoms with Crippen molar-refractivity contribution in [3.05, 3.63) is 39.7 Å². The van der Waals surface area contributed by atoms with E-state index in [-0.39, 0.29) is 42.2 Å². The molecule has 0 spiro atoms. The summed E-state index contributed by atoms with van der Waals surface area (Å²) in [4.78, 5) is 55.0. The van der Waals surface area contributed by atoms with Crippen molar-refractivity contribution in [2.75, 3.05) is 33.1 Å². The van der Waals surface area contributed by atoms with E-state index in [4.69, 9.17) is 5.73 Å². The highest BCUT2D eigenvalue weighted by molar-refractivity contribution is 6.24. The van der Waals surface area contributed by atoms with E-state index < -0.39 is 63.5 Å². The molecule has 0 aromatic heterocycles. The number of carbonyl (C=O) groups is 4. The van der Waals surface area contributed by atoms with Gasteiger partial charge >= 0.3 is 0 Å². The molecule has 13 heteroatoms. The van der Waals surface area contributed by atoms with Gasteiger partial charge in [-0.1, -0.05) is 20.8 Å². The van der Waals surface area contributed by atoms with Crippen LogP contribution < -0.4 is 21.5 Å². The molecule has 1 aromatic rings. The van der Waals surface area contributed by atoms with Crippen molar-refractivity contribution in [2.24, 2.45) is 23.0 Å². The zero-order chi connectivity index (χ0) is 31.6. The number of aliphatic hydroxyl groups is 3. The second-order valence-corrected chi connectivity index (χ2v) is 12.7. The van der Waals surface area contributed by atoms with Crippen molar-refractivity contribution in [3.63, 3.8) is 0 Å². The summed E-state index contributed by atoms with van der Waals surface area (Å²) in [5.74, 6) is -7.32. The SMILES string of the molecule is CN(C)c1cc(CNNC(=O)C(C)(C)C)c(O)c2c1C[C@H]1C[C@H]3[C@@H](N(C)C)C(=O)C(C(N)=O)=C(O)[C@@]3(O)C(=O)C1=C2O. The second kappa shape index (κ2) is 10.4. The van der Waals surface area contributed by atoms with Crippen LogP contribution in [0.25, 0.3) is 5.76 Å². The van der Waals surface area contributed by atoms with Gasteiger partial charge in [0.15, 0.2) is 11.4 Å². The number of rotatable bonds is 6. The van der Waals surface area contributed by atoms with Crippen molar-refractivity contribution >= 4 is 34.8 Å². The number of anilines is 1. The number of Topliss-reactive ketones (excluding diaryl/α,β-unsaturated/α-hetero) is 2. The number of benzene rings is 1. The minimum Gasteiger partial charge on any atom is -0.508 e. The predicted octanol–water partition coefficient (Wildman–Crippen LogP) is 0.197. The van der Waals surface area contributed by atoms with Crippen molar-refractivity contribution < 1.29 is 39.6 Å². The van der Waals surface area contributed by atoms with Crippen LogP contribution in [0.1, 0.15) is 43.9 Å². The molecule has 1 fully saturated rings. The highest BCUT2D eigenvalue weighted by Gasteiger charge is 2.64. The molecule has 0 radical (unpaired) electrons. The van der Waals surface area contributed by atoms with E-state index >= 15 is 0 Å². The number of likely N-dealkylation sites (N-methyl/N-ethyl adjacent to an activating group) is 1. The topological polar surface area (TPSA) is 206 Å². The number of aliphatic hydroxyl groups excluding tert-OH is 2. The largest absolute Gasteiger partial charge is 0.508 e. The third-order valence-corrected chi connectivity index (χ3v) is 8.42. The lowest BCUT2D eigenvalue weighted by molar-refractivity contribution is -0.153. The van der Waals surface area contributed by atoms with Crippen LogP contribution >= 0.6 is 0 Å². The highest BCUT2D eigenvalue weighted by atomic mass is 16.3. The number of nitrogens with one attached hydrogen (secondary N) is 2. The molecule has 0 aliphatic heterocycles. The molecular weight excluding hydrogens is 546 g/mol.